The molecule has 92 valence electrons. The lowest BCUT2D eigenvalue weighted by Gasteiger charge is -2.10. The molecule has 0 heterocycles. The van der Waals surface area contributed by atoms with Gasteiger partial charge in [-0.25, -0.2) is 10.2 Å². The fourth-order valence-electron chi connectivity index (χ4n) is 2.10. The normalized spacial score (nSPS) is 17.5. The molecule has 5 heteroatoms. The van der Waals surface area contributed by atoms with Gasteiger partial charge in [0.1, 0.15) is 11.7 Å². The number of benzene rings is 1. The molecule has 1 aliphatic rings. The Morgan fingerprint density at radius 2 is 2.06 bits per heavy atom. The van der Waals surface area contributed by atoms with Crippen LogP contribution in [0.3, 0.4) is 0 Å². The molecular weight excluding hydrogens is 285 g/mol. The van der Waals surface area contributed by atoms with Crippen molar-refractivity contribution in [2.24, 2.45) is 10.8 Å². The minimum atomic E-state index is -0.302. The fourth-order valence-corrected chi connectivity index (χ4v) is 2.57. The largest absolute Gasteiger partial charge is 0.308 e. The van der Waals surface area contributed by atoms with Crippen LogP contribution in [0.5, 0.6) is 0 Å². The van der Waals surface area contributed by atoms with Gasteiger partial charge in [-0.2, -0.15) is 0 Å². The van der Waals surface area contributed by atoms with E-state index in [1.807, 2.05) is 0 Å². The first-order chi connectivity index (χ1) is 8.19. The molecule has 1 saturated carbocycles. The van der Waals surface area contributed by atoms with Crippen molar-refractivity contribution in [3.8, 4) is 0 Å². The van der Waals surface area contributed by atoms with Gasteiger partial charge >= 0.3 is 0 Å². The average molecular weight is 300 g/mol. The Kier molecular flexibility index (Phi) is 4.12. The van der Waals surface area contributed by atoms with Crippen LogP contribution in [0.25, 0.3) is 0 Å². The van der Waals surface area contributed by atoms with E-state index in [-0.39, 0.29) is 5.82 Å². The van der Waals surface area contributed by atoms with Gasteiger partial charge in [0.2, 0.25) is 0 Å². The van der Waals surface area contributed by atoms with Crippen LogP contribution in [-0.2, 0) is 0 Å². The van der Waals surface area contributed by atoms with Crippen LogP contribution in [0.1, 0.15) is 31.2 Å². The van der Waals surface area contributed by atoms with Crippen LogP contribution in [-0.4, -0.2) is 11.9 Å². The summed E-state index contributed by atoms with van der Waals surface area (Å²) in [6, 6.07) is 4.95. The number of hydrazine groups is 1. The molecule has 0 amide bonds. The summed E-state index contributed by atoms with van der Waals surface area (Å²) in [7, 11) is 0. The predicted molar refractivity (Wildman–Crippen MR) is 70.2 cm³/mol. The molecule has 0 atom stereocenters. The second-order valence-electron chi connectivity index (χ2n) is 4.22. The molecule has 0 radical (unpaired) electrons. The third-order valence-corrected chi connectivity index (χ3v) is 3.37. The molecule has 17 heavy (non-hydrogen) atoms. The summed E-state index contributed by atoms with van der Waals surface area (Å²) in [4.78, 5) is 4.54. The van der Waals surface area contributed by atoms with E-state index < -0.39 is 0 Å². The summed E-state index contributed by atoms with van der Waals surface area (Å²) >= 11 is 3.26. The maximum atomic E-state index is 13.3. The summed E-state index contributed by atoms with van der Waals surface area (Å²) in [5.41, 5.74) is 3.23. The maximum Gasteiger partial charge on any atom is 0.142 e. The van der Waals surface area contributed by atoms with Gasteiger partial charge in [0, 0.05) is 10.0 Å². The smallest absolute Gasteiger partial charge is 0.142 e. The predicted octanol–water partition coefficient (Wildman–Crippen LogP) is 2.74. The van der Waals surface area contributed by atoms with Crippen molar-refractivity contribution < 1.29 is 4.39 Å². The zero-order valence-corrected chi connectivity index (χ0v) is 11.0. The highest BCUT2D eigenvalue weighted by Crippen LogP contribution is 2.22. The van der Waals surface area contributed by atoms with E-state index in [1.165, 1.54) is 25.0 Å². The molecule has 0 saturated heterocycles. The van der Waals surface area contributed by atoms with E-state index in [0.717, 1.165) is 12.8 Å². The molecule has 0 spiro atoms. The molecule has 1 aromatic rings. The van der Waals surface area contributed by atoms with Crippen molar-refractivity contribution in [3.05, 3.63) is 34.1 Å². The second-order valence-corrected chi connectivity index (χ2v) is 5.13. The van der Waals surface area contributed by atoms with E-state index in [1.54, 1.807) is 6.07 Å². The Hall–Kier alpha value is -0.940. The first-order valence-electron chi connectivity index (χ1n) is 5.70. The van der Waals surface area contributed by atoms with Crippen molar-refractivity contribution in [1.82, 2.24) is 5.43 Å². The molecule has 3 N–H and O–H groups in total. The summed E-state index contributed by atoms with van der Waals surface area (Å²) in [5, 5.41) is 0. The highest BCUT2D eigenvalue weighted by atomic mass is 79.9. The molecule has 0 bridgehead atoms. The summed E-state index contributed by atoms with van der Waals surface area (Å²) in [6.07, 6.45) is 4.58. The van der Waals surface area contributed by atoms with E-state index in [0.29, 0.717) is 21.9 Å². The van der Waals surface area contributed by atoms with E-state index >= 15 is 0 Å². The highest BCUT2D eigenvalue weighted by Gasteiger charge is 2.15. The molecule has 0 unspecified atom stereocenters. The van der Waals surface area contributed by atoms with Crippen molar-refractivity contribution in [2.75, 3.05) is 0 Å². The lowest BCUT2D eigenvalue weighted by molar-refractivity contribution is 0.626. The molecule has 1 aromatic carbocycles. The van der Waals surface area contributed by atoms with Gasteiger partial charge in [0.25, 0.3) is 0 Å². The van der Waals surface area contributed by atoms with Crippen LogP contribution < -0.4 is 11.3 Å². The van der Waals surface area contributed by atoms with Crippen molar-refractivity contribution in [1.29, 1.82) is 0 Å². The quantitative estimate of drug-likeness (QED) is 0.382. The number of hydrogen-bond donors (Lipinski definition) is 2. The SMILES string of the molecule is NNC(=NC1CCCC1)c1cc(F)cc(Br)c1. The Bertz CT molecular complexity index is 408. The number of amidine groups is 1. The molecular formula is C12H15BrFN3. The number of aliphatic imine (C=N–C) groups is 1. The number of rotatable bonds is 2. The Balaban J connectivity index is 2.27. The Morgan fingerprint density at radius 1 is 1.35 bits per heavy atom. The summed E-state index contributed by atoms with van der Waals surface area (Å²) in [5.74, 6) is 5.72. The zero-order chi connectivity index (χ0) is 12.3. The second kappa shape index (κ2) is 5.60. The van der Waals surface area contributed by atoms with Gasteiger partial charge in [0.15, 0.2) is 0 Å². The topological polar surface area (TPSA) is 50.4 Å². The molecule has 1 aliphatic carbocycles. The summed E-state index contributed by atoms with van der Waals surface area (Å²) in [6.45, 7) is 0. The third kappa shape index (κ3) is 3.26. The minimum Gasteiger partial charge on any atom is -0.308 e. The van der Waals surface area contributed by atoms with Gasteiger partial charge in [-0.1, -0.05) is 28.8 Å². The van der Waals surface area contributed by atoms with Crippen LogP contribution in [0.2, 0.25) is 0 Å². The van der Waals surface area contributed by atoms with Gasteiger partial charge in [0.05, 0.1) is 6.04 Å². The average Bonchev–Trinajstić information content (AvgIpc) is 2.77. The van der Waals surface area contributed by atoms with Crippen LogP contribution >= 0.6 is 15.9 Å². The maximum absolute atomic E-state index is 13.3. The molecule has 1 fully saturated rings. The van der Waals surface area contributed by atoms with Crippen LogP contribution in [0.4, 0.5) is 4.39 Å². The van der Waals surface area contributed by atoms with Gasteiger partial charge in [-0.05, 0) is 31.0 Å². The van der Waals surface area contributed by atoms with E-state index in [2.05, 4.69) is 26.3 Å². The van der Waals surface area contributed by atoms with E-state index in [9.17, 15) is 4.39 Å². The number of nitrogens with one attached hydrogen (secondary N) is 1. The van der Waals surface area contributed by atoms with E-state index in [4.69, 9.17) is 5.84 Å². The number of nitrogens with zero attached hydrogens (tertiary/aromatic N) is 1. The molecule has 3 nitrogen and oxygen atoms in total. The third-order valence-electron chi connectivity index (χ3n) is 2.91. The minimum absolute atomic E-state index is 0.302. The number of halogens is 2. The first kappa shape index (κ1) is 12.5. The number of nitrogens with two attached hydrogens (primary N) is 1. The molecule has 2 rings (SSSR count). The van der Waals surface area contributed by atoms with Crippen LogP contribution in [0.15, 0.2) is 27.7 Å². The van der Waals surface area contributed by atoms with Crippen LogP contribution in [0, 0.1) is 5.82 Å². The van der Waals surface area contributed by atoms with Crippen molar-refractivity contribution in [2.45, 2.75) is 31.7 Å². The van der Waals surface area contributed by atoms with Gasteiger partial charge in [-0.15, -0.1) is 0 Å². The molecule has 0 aromatic heterocycles. The lowest BCUT2D eigenvalue weighted by atomic mass is 10.2. The fraction of sp³-hybridized carbons (Fsp3) is 0.417. The lowest BCUT2D eigenvalue weighted by Crippen LogP contribution is -2.32. The monoisotopic (exact) mass is 299 g/mol. The summed E-state index contributed by atoms with van der Waals surface area (Å²) < 4.78 is 14.0. The van der Waals surface area contributed by atoms with Crippen molar-refractivity contribution in [3.63, 3.8) is 0 Å². The highest BCUT2D eigenvalue weighted by molar-refractivity contribution is 9.10. The van der Waals surface area contributed by atoms with Gasteiger partial charge in [-0.3, -0.25) is 4.99 Å². The van der Waals surface area contributed by atoms with Crippen molar-refractivity contribution >= 4 is 21.8 Å². The Morgan fingerprint density at radius 3 is 2.65 bits per heavy atom. The van der Waals surface area contributed by atoms with Gasteiger partial charge < -0.3 is 5.43 Å². The zero-order valence-electron chi connectivity index (χ0n) is 9.42. The first-order valence-corrected chi connectivity index (χ1v) is 6.49. The molecule has 0 aliphatic heterocycles. The standard InChI is InChI=1S/C12H15BrFN3/c13-9-5-8(6-10(14)7-9)12(17-15)16-11-3-1-2-4-11/h5-7,11H,1-4,15H2,(H,16,17). The Labute approximate surface area is 108 Å². The number of hydrogen-bond acceptors (Lipinski definition) is 2.